The van der Waals surface area contributed by atoms with Gasteiger partial charge in [0.25, 0.3) is 5.91 Å². The maximum Gasteiger partial charge on any atom is 0.250 e. The van der Waals surface area contributed by atoms with Crippen molar-refractivity contribution < 1.29 is 13.9 Å². The average Bonchev–Trinajstić information content (AvgIpc) is 3.27. The lowest BCUT2D eigenvalue weighted by atomic mass is 9.84. The first-order valence-electron chi connectivity index (χ1n) is 11.5. The molecule has 0 N–H and O–H groups in total. The zero-order valence-electron chi connectivity index (χ0n) is 19.0. The van der Waals surface area contributed by atoms with Gasteiger partial charge in [-0.15, -0.1) is 0 Å². The Morgan fingerprint density at radius 1 is 1.12 bits per heavy atom. The van der Waals surface area contributed by atoms with Gasteiger partial charge in [-0.05, 0) is 80.5 Å². The number of fused-ring (bicyclic) bond motifs is 1. The molecule has 33 heavy (non-hydrogen) atoms. The summed E-state index contributed by atoms with van der Waals surface area (Å²) in [4.78, 5) is 19.9. The summed E-state index contributed by atoms with van der Waals surface area (Å²) in [6, 6.07) is 12.8. The Labute approximate surface area is 193 Å². The Bertz CT molecular complexity index is 1200. The summed E-state index contributed by atoms with van der Waals surface area (Å²) < 4.78 is 21.0. The predicted octanol–water partition coefficient (Wildman–Crippen LogP) is 5.63. The Morgan fingerprint density at radius 3 is 2.67 bits per heavy atom. The third-order valence-corrected chi connectivity index (χ3v) is 6.79. The van der Waals surface area contributed by atoms with Gasteiger partial charge in [-0.2, -0.15) is 0 Å². The molecule has 0 spiro atoms. The van der Waals surface area contributed by atoms with Gasteiger partial charge in [-0.25, -0.2) is 9.37 Å². The van der Waals surface area contributed by atoms with Crippen LogP contribution in [0.5, 0.6) is 5.75 Å². The Kier molecular flexibility index (Phi) is 5.75. The molecule has 2 aliphatic rings. The number of nitrogens with zero attached hydrogens (tertiary/aromatic N) is 3. The Balaban J connectivity index is 1.44. The van der Waals surface area contributed by atoms with E-state index in [9.17, 15) is 9.18 Å². The molecule has 2 saturated heterocycles. The van der Waals surface area contributed by atoms with Gasteiger partial charge in [0.05, 0.1) is 30.9 Å². The minimum atomic E-state index is -0.250. The maximum absolute atomic E-state index is 13.6. The Morgan fingerprint density at radius 2 is 1.94 bits per heavy atom. The second kappa shape index (κ2) is 8.85. The molecule has 3 heterocycles. The van der Waals surface area contributed by atoms with Crippen LogP contribution in [0.25, 0.3) is 11.8 Å². The van der Waals surface area contributed by atoms with Gasteiger partial charge in [0.1, 0.15) is 11.6 Å². The van der Waals surface area contributed by atoms with E-state index < -0.39 is 0 Å². The van der Waals surface area contributed by atoms with Crippen LogP contribution < -0.4 is 4.74 Å². The fourth-order valence-corrected chi connectivity index (χ4v) is 5.16. The van der Waals surface area contributed by atoms with Crippen LogP contribution in [0.4, 0.5) is 4.39 Å². The third-order valence-electron chi connectivity index (χ3n) is 6.79. The normalized spacial score (nSPS) is 21.8. The van der Waals surface area contributed by atoms with E-state index in [2.05, 4.69) is 4.98 Å². The summed E-state index contributed by atoms with van der Waals surface area (Å²) in [6.07, 6.45) is 10.5. The van der Waals surface area contributed by atoms with Crippen molar-refractivity contribution in [2.24, 2.45) is 0 Å². The molecule has 2 fully saturated rings. The highest BCUT2D eigenvalue weighted by Gasteiger charge is 2.39. The minimum absolute atomic E-state index is 0.00180. The van der Waals surface area contributed by atoms with Crippen LogP contribution in [0, 0.1) is 12.7 Å². The predicted molar refractivity (Wildman–Crippen MR) is 126 cm³/mol. The monoisotopic (exact) mass is 445 g/mol. The van der Waals surface area contributed by atoms with Gasteiger partial charge in [0, 0.05) is 17.8 Å². The number of carbonyl (C=O) groups is 1. The number of benzene rings is 2. The molecule has 0 aliphatic carbocycles. The smallest absolute Gasteiger partial charge is 0.250 e. The number of ether oxygens (including phenoxy) is 1. The second-order valence-corrected chi connectivity index (χ2v) is 8.93. The van der Waals surface area contributed by atoms with Crippen molar-refractivity contribution in [1.82, 2.24) is 14.5 Å². The molecule has 1 amide bonds. The fourth-order valence-electron chi connectivity index (χ4n) is 5.16. The van der Waals surface area contributed by atoms with E-state index in [-0.39, 0.29) is 23.8 Å². The van der Waals surface area contributed by atoms with Crippen LogP contribution in [-0.2, 0) is 4.79 Å². The molecule has 3 aromatic rings. The largest absolute Gasteiger partial charge is 0.495 e. The molecular weight excluding hydrogens is 417 g/mol. The van der Waals surface area contributed by atoms with Crippen LogP contribution in [-0.4, -0.2) is 33.5 Å². The summed E-state index contributed by atoms with van der Waals surface area (Å²) in [5.41, 5.74) is 4.60. The first-order chi connectivity index (χ1) is 16.0. The highest BCUT2D eigenvalue weighted by molar-refractivity contribution is 5.99. The van der Waals surface area contributed by atoms with Crippen molar-refractivity contribution in [1.29, 1.82) is 0 Å². The van der Waals surface area contributed by atoms with E-state index in [0.29, 0.717) is 0 Å². The molecule has 170 valence electrons. The Hall–Kier alpha value is -3.41. The molecule has 6 heteroatoms. The molecule has 0 radical (unpaired) electrons. The molecule has 1 unspecified atom stereocenters. The molecule has 2 aromatic carbocycles. The molecule has 2 aliphatic heterocycles. The van der Waals surface area contributed by atoms with E-state index in [4.69, 9.17) is 4.74 Å². The number of aromatic nitrogens is 2. The van der Waals surface area contributed by atoms with Crippen molar-refractivity contribution in [3.8, 4) is 11.4 Å². The first-order valence-corrected chi connectivity index (χ1v) is 11.5. The molecular formula is C27H28FN3O2. The first kappa shape index (κ1) is 21.4. The van der Waals surface area contributed by atoms with Crippen LogP contribution in [0.3, 0.4) is 0 Å². The highest BCUT2D eigenvalue weighted by Crippen LogP contribution is 2.41. The molecule has 0 saturated carbocycles. The van der Waals surface area contributed by atoms with Crippen molar-refractivity contribution >= 4 is 12.0 Å². The summed E-state index contributed by atoms with van der Waals surface area (Å²) in [5.74, 6) is 0.568. The summed E-state index contributed by atoms with van der Waals surface area (Å²) >= 11 is 0. The number of methoxy groups -OCH3 is 1. The van der Waals surface area contributed by atoms with E-state index >= 15 is 0 Å². The van der Waals surface area contributed by atoms with Gasteiger partial charge >= 0.3 is 0 Å². The topological polar surface area (TPSA) is 47.4 Å². The zero-order valence-corrected chi connectivity index (χ0v) is 19.0. The molecule has 5 nitrogen and oxygen atoms in total. The van der Waals surface area contributed by atoms with E-state index in [0.717, 1.165) is 65.9 Å². The quantitative estimate of drug-likeness (QED) is 0.489. The second-order valence-electron chi connectivity index (χ2n) is 8.93. The van der Waals surface area contributed by atoms with Crippen molar-refractivity contribution in [2.75, 3.05) is 7.11 Å². The molecule has 2 atom stereocenters. The lowest BCUT2D eigenvalue weighted by Gasteiger charge is -2.46. The fraction of sp³-hybridized carbons (Fsp3) is 0.333. The van der Waals surface area contributed by atoms with Crippen molar-refractivity contribution in [3.05, 3.63) is 83.2 Å². The van der Waals surface area contributed by atoms with Crippen LogP contribution >= 0.6 is 0 Å². The summed E-state index contributed by atoms with van der Waals surface area (Å²) in [6.45, 7) is 1.95. The molecule has 0 bridgehead atoms. The zero-order chi connectivity index (χ0) is 22.9. The highest BCUT2D eigenvalue weighted by atomic mass is 19.1. The van der Waals surface area contributed by atoms with Gasteiger partial charge in [0.2, 0.25) is 0 Å². The lowest BCUT2D eigenvalue weighted by Crippen LogP contribution is -2.49. The van der Waals surface area contributed by atoms with Crippen molar-refractivity contribution in [2.45, 2.75) is 51.1 Å². The average molecular weight is 446 g/mol. The standard InChI is InChI=1S/C27H28FN3O2/c1-18-16-30(17-29-18)25-13-6-19(15-26(25)33-2)14-21-9-12-23-4-3-5-24(31(23)27(21)32)20-7-10-22(28)11-8-20/h6-8,10-11,13-17,23-24H,3-5,9,12H2,1-2H3/t23-,24?/m1/s1. The SMILES string of the molecule is COc1cc(C=C2CC[C@H]3CCCC(c4ccc(F)cc4)N3C2=O)ccc1-n1cnc(C)c1. The van der Waals surface area contributed by atoms with Crippen LogP contribution in [0.1, 0.15) is 55.0 Å². The van der Waals surface area contributed by atoms with Gasteiger partial charge in [0.15, 0.2) is 0 Å². The number of imidazole rings is 1. The lowest BCUT2D eigenvalue weighted by molar-refractivity contribution is -0.136. The van der Waals surface area contributed by atoms with Gasteiger partial charge < -0.3 is 14.2 Å². The van der Waals surface area contributed by atoms with Gasteiger partial charge in [-0.3, -0.25) is 4.79 Å². The molecule has 1 aromatic heterocycles. The van der Waals surface area contributed by atoms with Crippen molar-refractivity contribution in [3.63, 3.8) is 0 Å². The number of hydrogen-bond acceptors (Lipinski definition) is 3. The summed E-state index contributed by atoms with van der Waals surface area (Å²) in [7, 11) is 1.65. The number of piperidine rings is 2. The number of rotatable bonds is 4. The molecule has 5 rings (SSSR count). The van der Waals surface area contributed by atoms with Crippen LogP contribution in [0.2, 0.25) is 0 Å². The van der Waals surface area contributed by atoms with E-state index in [1.807, 2.05) is 59.0 Å². The van der Waals surface area contributed by atoms with Crippen LogP contribution in [0.15, 0.2) is 60.6 Å². The number of carbonyl (C=O) groups excluding carboxylic acids is 1. The number of amides is 1. The van der Waals surface area contributed by atoms with E-state index in [1.165, 1.54) is 12.1 Å². The third kappa shape index (κ3) is 4.17. The van der Waals surface area contributed by atoms with Gasteiger partial charge in [-0.1, -0.05) is 18.2 Å². The van der Waals surface area contributed by atoms with E-state index in [1.54, 1.807) is 13.4 Å². The number of hydrogen-bond donors (Lipinski definition) is 0. The summed E-state index contributed by atoms with van der Waals surface area (Å²) in [5, 5.41) is 0. The maximum atomic E-state index is 13.6. The minimum Gasteiger partial charge on any atom is -0.495 e. The number of halogens is 1. The number of aryl methyl sites for hydroxylation is 1.